The summed E-state index contributed by atoms with van der Waals surface area (Å²) in [7, 11) is 1.93. The van der Waals surface area contributed by atoms with Crippen molar-refractivity contribution in [3.8, 4) is 0 Å². The average Bonchev–Trinajstić information content (AvgIpc) is 3.12. The predicted molar refractivity (Wildman–Crippen MR) is 104 cm³/mol. The summed E-state index contributed by atoms with van der Waals surface area (Å²) >= 11 is 0. The lowest BCUT2D eigenvalue weighted by Crippen LogP contribution is -2.57. The van der Waals surface area contributed by atoms with Gasteiger partial charge in [0.05, 0.1) is 18.4 Å². The minimum absolute atomic E-state index is 0.0338. The Kier molecular flexibility index (Phi) is 4.32. The number of rotatable bonds is 3. The maximum Gasteiger partial charge on any atom is 0.270 e. The third-order valence-electron chi connectivity index (χ3n) is 6.35. The Balaban J connectivity index is 1.38. The van der Waals surface area contributed by atoms with Crippen LogP contribution in [0.4, 0.5) is 5.69 Å². The molecule has 6 heterocycles. The van der Waals surface area contributed by atoms with Crippen LogP contribution in [0.1, 0.15) is 23.3 Å². The molecule has 4 aliphatic rings. The highest BCUT2D eigenvalue weighted by Crippen LogP contribution is 2.31. The summed E-state index contributed by atoms with van der Waals surface area (Å²) in [6.07, 6.45) is 5.46. The summed E-state index contributed by atoms with van der Waals surface area (Å²) in [4.78, 5) is 35.7. The van der Waals surface area contributed by atoms with E-state index in [1.807, 2.05) is 11.9 Å². The molecule has 4 fully saturated rings. The van der Waals surface area contributed by atoms with Gasteiger partial charge in [0, 0.05) is 31.1 Å². The van der Waals surface area contributed by atoms with Gasteiger partial charge in [-0.05, 0) is 45.0 Å². The molecule has 0 radical (unpaired) electrons. The number of piperidine rings is 3. The maximum atomic E-state index is 12.8. The topological polar surface area (TPSA) is 81.9 Å². The van der Waals surface area contributed by atoms with Crippen molar-refractivity contribution in [2.75, 3.05) is 51.2 Å². The Hall–Kier alpha value is -2.45. The van der Waals surface area contributed by atoms with Crippen LogP contribution in [0.3, 0.4) is 0 Å². The lowest BCUT2D eigenvalue weighted by molar-refractivity contribution is -0.120. The van der Waals surface area contributed by atoms with Gasteiger partial charge >= 0.3 is 0 Å². The van der Waals surface area contributed by atoms with Crippen molar-refractivity contribution in [2.45, 2.75) is 18.9 Å². The molecule has 2 bridgehead atoms. The van der Waals surface area contributed by atoms with E-state index < -0.39 is 0 Å². The Morgan fingerprint density at radius 3 is 2.79 bits per heavy atom. The zero-order chi connectivity index (χ0) is 19.3. The number of nitrogens with zero attached hydrogens (tertiary/aromatic N) is 4. The molecule has 1 atom stereocenters. The SMILES string of the molecule is CN1CCN(c2coc3cnc(C(=O)NC4CN5CCC4CC5)cc23)C(=O)C1. The van der Waals surface area contributed by atoms with Crippen LogP contribution >= 0.6 is 0 Å². The number of carbonyl (C=O) groups excluding carboxylic acids is 2. The van der Waals surface area contributed by atoms with Crippen LogP contribution in [0.15, 0.2) is 22.9 Å². The average molecular weight is 383 g/mol. The zero-order valence-electron chi connectivity index (χ0n) is 16.1. The van der Waals surface area contributed by atoms with Gasteiger partial charge in [-0.25, -0.2) is 4.98 Å². The quantitative estimate of drug-likeness (QED) is 0.849. The maximum absolute atomic E-state index is 12.8. The number of anilines is 1. The molecule has 1 unspecified atom stereocenters. The summed E-state index contributed by atoms with van der Waals surface area (Å²) in [6.45, 7) is 4.98. The number of likely N-dealkylation sites (N-methyl/N-ethyl adjacent to an activating group) is 1. The molecule has 2 aromatic heterocycles. The van der Waals surface area contributed by atoms with Gasteiger partial charge < -0.3 is 19.5 Å². The Labute approximate surface area is 163 Å². The molecule has 0 saturated carbocycles. The van der Waals surface area contributed by atoms with E-state index in [4.69, 9.17) is 4.42 Å². The highest BCUT2D eigenvalue weighted by atomic mass is 16.3. The molecule has 8 nitrogen and oxygen atoms in total. The van der Waals surface area contributed by atoms with Gasteiger partial charge in [-0.1, -0.05) is 0 Å². The molecule has 1 N–H and O–H groups in total. The van der Waals surface area contributed by atoms with Gasteiger partial charge in [-0.3, -0.25) is 14.5 Å². The first kappa shape index (κ1) is 17.6. The van der Waals surface area contributed by atoms with Crippen LogP contribution in [-0.2, 0) is 4.79 Å². The molecule has 6 rings (SSSR count). The van der Waals surface area contributed by atoms with Crippen molar-refractivity contribution >= 4 is 28.5 Å². The van der Waals surface area contributed by atoms with Crippen molar-refractivity contribution in [3.63, 3.8) is 0 Å². The fraction of sp³-hybridized carbons (Fsp3) is 0.550. The number of fused-ring (bicyclic) bond motifs is 4. The highest BCUT2D eigenvalue weighted by Gasteiger charge is 2.35. The largest absolute Gasteiger partial charge is 0.460 e. The van der Waals surface area contributed by atoms with Crippen molar-refractivity contribution in [1.29, 1.82) is 0 Å². The monoisotopic (exact) mass is 383 g/mol. The molecule has 0 spiro atoms. The van der Waals surface area contributed by atoms with Gasteiger partial charge in [0.25, 0.3) is 5.91 Å². The van der Waals surface area contributed by atoms with Gasteiger partial charge in [-0.15, -0.1) is 0 Å². The number of pyridine rings is 1. The van der Waals surface area contributed by atoms with E-state index in [0.29, 0.717) is 36.0 Å². The van der Waals surface area contributed by atoms with Crippen LogP contribution < -0.4 is 10.2 Å². The fourth-order valence-electron chi connectivity index (χ4n) is 4.67. The number of aromatic nitrogens is 1. The lowest BCUT2D eigenvalue weighted by Gasteiger charge is -2.44. The fourth-order valence-corrected chi connectivity index (χ4v) is 4.67. The minimum atomic E-state index is -0.155. The molecule has 8 heteroatoms. The standard InChI is InChI=1S/C20H25N5O3/c1-23-6-7-25(19(26)11-23)17-12-28-18-9-21-15(8-14(17)18)20(27)22-16-10-24-4-2-13(16)3-5-24/h8-9,12-13,16H,2-7,10-11H2,1H3,(H,22,27). The second kappa shape index (κ2) is 6.86. The smallest absolute Gasteiger partial charge is 0.270 e. The number of furan rings is 1. The molecule has 2 aromatic rings. The van der Waals surface area contributed by atoms with E-state index in [2.05, 4.69) is 15.2 Å². The zero-order valence-corrected chi connectivity index (χ0v) is 16.1. The van der Waals surface area contributed by atoms with Gasteiger partial charge in [-0.2, -0.15) is 0 Å². The van der Waals surface area contributed by atoms with E-state index >= 15 is 0 Å². The first-order chi connectivity index (χ1) is 13.6. The van der Waals surface area contributed by atoms with Crippen LogP contribution in [0.25, 0.3) is 11.0 Å². The second-order valence-electron chi connectivity index (χ2n) is 8.19. The van der Waals surface area contributed by atoms with E-state index in [9.17, 15) is 9.59 Å². The van der Waals surface area contributed by atoms with Crippen molar-refractivity contribution in [1.82, 2.24) is 20.1 Å². The molecule has 148 valence electrons. The second-order valence-corrected chi connectivity index (χ2v) is 8.19. The first-order valence-electron chi connectivity index (χ1n) is 9.98. The number of nitrogens with one attached hydrogen (secondary N) is 1. The number of amides is 2. The summed E-state index contributed by atoms with van der Waals surface area (Å²) in [5, 5.41) is 3.93. The summed E-state index contributed by atoms with van der Waals surface area (Å²) in [5.41, 5.74) is 1.67. The van der Waals surface area contributed by atoms with E-state index in [1.54, 1.807) is 23.4 Å². The highest BCUT2D eigenvalue weighted by molar-refractivity contribution is 6.05. The minimum Gasteiger partial charge on any atom is -0.460 e. The van der Waals surface area contributed by atoms with Gasteiger partial charge in [0.15, 0.2) is 5.58 Å². The molecule has 0 aromatic carbocycles. The summed E-state index contributed by atoms with van der Waals surface area (Å²) in [5.74, 6) is 0.439. The van der Waals surface area contributed by atoms with E-state index in [1.165, 1.54) is 0 Å². The number of piperazine rings is 1. The normalized spacial score (nSPS) is 28.1. The predicted octanol–water partition coefficient (Wildman–Crippen LogP) is 0.930. The Morgan fingerprint density at radius 1 is 1.25 bits per heavy atom. The van der Waals surface area contributed by atoms with Crippen LogP contribution in [0.2, 0.25) is 0 Å². The van der Waals surface area contributed by atoms with Crippen molar-refractivity contribution < 1.29 is 14.0 Å². The lowest BCUT2D eigenvalue weighted by atomic mass is 9.84. The van der Waals surface area contributed by atoms with Crippen molar-refractivity contribution in [2.24, 2.45) is 5.92 Å². The third-order valence-corrected chi connectivity index (χ3v) is 6.35. The van der Waals surface area contributed by atoms with Gasteiger partial charge in [0.2, 0.25) is 5.91 Å². The number of hydrogen-bond donors (Lipinski definition) is 1. The molecule has 4 aliphatic heterocycles. The molecule has 28 heavy (non-hydrogen) atoms. The molecule has 2 amide bonds. The van der Waals surface area contributed by atoms with Crippen LogP contribution in [-0.4, -0.2) is 79.0 Å². The van der Waals surface area contributed by atoms with E-state index in [-0.39, 0.29) is 17.9 Å². The Morgan fingerprint density at radius 2 is 2.07 bits per heavy atom. The molecular formula is C20H25N5O3. The molecule has 4 saturated heterocycles. The molecular weight excluding hydrogens is 358 g/mol. The van der Waals surface area contributed by atoms with Gasteiger partial charge in [0.1, 0.15) is 12.0 Å². The summed E-state index contributed by atoms with van der Waals surface area (Å²) < 4.78 is 5.59. The third kappa shape index (κ3) is 3.06. The van der Waals surface area contributed by atoms with E-state index in [0.717, 1.165) is 44.4 Å². The Bertz CT molecular complexity index is 918. The van der Waals surface area contributed by atoms with Crippen molar-refractivity contribution in [3.05, 3.63) is 24.2 Å². The van der Waals surface area contributed by atoms with Crippen LogP contribution in [0, 0.1) is 5.92 Å². The van der Waals surface area contributed by atoms with Crippen LogP contribution in [0.5, 0.6) is 0 Å². The summed E-state index contributed by atoms with van der Waals surface area (Å²) in [6, 6.07) is 1.94. The first-order valence-corrected chi connectivity index (χ1v) is 9.98. The molecule has 0 aliphatic carbocycles. The number of hydrogen-bond acceptors (Lipinski definition) is 6. The number of carbonyl (C=O) groups is 2.